The van der Waals surface area contributed by atoms with Gasteiger partial charge in [-0.25, -0.2) is 4.74 Å². The predicted octanol–water partition coefficient (Wildman–Crippen LogP) is 10.1. The van der Waals surface area contributed by atoms with Crippen LogP contribution >= 0.6 is 45.8 Å². The van der Waals surface area contributed by atoms with Crippen molar-refractivity contribution in [2.45, 2.75) is 39.4 Å². The number of rotatable bonds is 5. The van der Waals surface area contributed by atoms with Crippen molar-refractivity contribution >= 4 is 78.6 Å². The Bertz CT molecular complexity index is 1620. The Morgan fingerprint density at radius 3 is 2.28 bits per heavy atom. The summed E-state index contributed by atoms with van der Waals surface area (Å²) in [6.45, 7) is 9.86. The number of aromatic nitrogens is 1. The van der Waals surface area contributed by atoms with Crippen LogP contribution in [0, 0.1) is 3.57 Å². The van der Waals surface area contributed by atoms with E-state index in [1.807, 2.05) is 24.3 Å². The van der Waals surface area contributed by atoms with Crippen LogP contribution < -0.4 is 9.83 Å². The number of hydrogen-bond acceptors (Lipinski definition) is 2. The number of halogens is 2. The van der Waals surface area contributed by atoms with E-state index >= 15 is 0 Å². The van der Waals surface area contributed by atoms with E-state index in [4.69, 9.17) is 9.27 Å². The SMILES string of the molecule is CCn1c2ccccc2c2cc([P@](=Nc3ccc(I)cc3)(Oc3cccc(Br)c3)C(C)(C)C)ccc21. The van der Waals surface area contributed by atoms with Crippen molar-refractivity contribution in [3.63, 3.8) is 0 Å². The van der Waals surface area contributed by atoms with Crippen LogP contribution in [0.5, 0.6) is 5.75 Å². The number of nitrogens with zero attached hydrogens (tertiary/aromatic N) is 2. The maximum absolute atomic E-state index is 7.07. The average Bonchev–Trinajstić information content (AvgIpc) is 3.17. The van der Waals surface area contributed by atoms with Gasteiger partial charge in [0.1, 0.15) is 5.75 Å². The Morgan fingerprint density at radius 2 is 1.58 bits per heavy atom. The monoisotopic (exact) mass is 670 g/mol. The normalized spacial score (nSPS) is 13.6. The molecule has 1 heterocycles. The summed E-state index contributed by atoms with van der Waals surface area (Å²) in [6, 6.07) is 32.0. The molecular weight excluding hydrogens is 642 g/mol. The van der Waals surface area contributed by atoms with Gasteiger partial charge in [0.05, 0.1) is 5.69 Å². The largest absolute Gasteiger partial charge is 0.455 e. The smallest absolute Gasteiger partial charge is 0.173 e. The molecule has 3 nitrogen and oxygen atoms in total. The number of benzene rings is 4. The summed E-state index contributed by atoms with van der Waals surface area (Å²) in [5.41, 5.74) is 3.44. The van der Waals surface area contributed by atoms with Crippen LogP contribution in [-0.2, 0) is 6.54 Å². The van der Waals surface area contributed by atoms with Gasteiger partial charge in [0.15, 0.2) is 7.28 Å². The van der Waals surface area contributed by atoms with Gasteiger partial charge < -0.3 is 9.09 Å². The van der Waals surface area contributed by atoms with E-state index in [2.05, 4.69) is 138 Å². The van der Waals surface area contributed by atoms with Gasteiger partial charge in [-0.05, 0) is 96.2 Å². The summed E-state index contributed by atoms with van der Waals surface area (Å²) in [5, 5.41) is 3.39. The Hall–Kier alpha value is -2.08. The zero-order valence-electron chi connectivity index (χ0n) is 20.9. The van der Waals surface area contributed by atoms with E-state index in [1.165, 1.54) is 25.4 Å². The van der Waals surface area contributed by atoms with Crippen LogP contribution in [0.25, 0.3) is 21.8 Å². The molecule has 0 radical (unpaired) electrons. The maximum Gasteiger partial charge on any atom is 0.173 e. The summed E-state index contributed by atoms with van der Waals surface area (Å²) in [7, 11) is -2.60. The van der Waals surface area contributed by atoms with Gasteiger partial charge in [-0.15, -0.1) is 0 Å². The second-order valence-corrected chi connectivity index (χ2v) is 15.4. The van der Waals surface area contributed by atoms with Crippen LogP contribution in [0.2, 0.25) is 0 Å². The standard InChI is InChI=1S/C30H29BrIN2OP/c1-5-34-28-12-7-6-11-26(28)27-20-25(17-18-29(27)34)36(30(2,3)4,33-23-15-13-22(32)14-16-23)35-24-10-8-9-21(31)19-24/h6-20H,5H2,1-4H3/t36-/m0/s1. The molecule has 0 aliphatic heterocycles. The first kappa shape index (κ1) is 25.6. The van der Waals surface area contributed by atoms with E-state index in [-0.39, 0.29) is 5.16 Å². The van der Waals surface area contributed by atoms with Gasteiger partial charge in [0.25, 0.3) is 0 Å². The van der Waals surface area contributed by atoms with Gasteiger partial charge >= 0.3 is 0 Å². The van der Waals surface area contributed by atoms with Gasteiger partial charge in [-0.3, -0.25) is 0 Å². The van der Waals surface area contributed by atoms with E-state index in [0.29, 0.717) is 0 Å². The topological polar surface area (TPSA) is 26.5 Å². The van der Waals surface area contributed by atoms with Crippen LogP contribution in [-0.4, -0.2) is 9.72 Å². The summed E-state index contributed by atoms with van der Waals surface area (Å²) in [4.78, 5) is 0. The lowest BCUT2D eigenvalue weighted by atomic mass is 10.1. The fraction of sp³-hybridized carbons (Fsp3) is 0.200. The molecule has 36 heavy (non-hydrogen) atoms. The fourth-order valence-electron chi connectivity index (χ4n) is 4.72. The molecule has 0 spiro atoms. The van der Waals surface area contributed by atoms with Crippen molar-refractivity contribution in [3.05, 3.63) is 99.0 Å². The molecular formula is C30H29BrIN2OP. The average molecular weight is 671 g/mol. The highest BCUT2D eigenvalue weighted by molar-refractivity contribution is 14.1. The minimum Gasteiger partial charge on any atom is -0.455 e. The highest BCUT2D eigenvalue weighted by Crippen LogP contribution is 2.62. The van der Waals surface area contributed by atoms with Crippen LogP contribution in [0.4, 0.5) is 5.69 Å². The Kier molecular flexibility index (Phi) is 7.10. The Labute approximate surface area is 235 Å². The predicted molar refractivity (Wildman–Crippen MR) is 167 cm³/mol. The first-order valence-corrected chi connectivity index (χ1v) is 15.6. The zero-order valence-corrected chi connectivity index (χ0v) is 25.5. The molecule has 0 aliphatic carbocycles. The van der Waals surface area contributed by atoms with Crippen LogP contribution in [0.1, 0.15) is 27.7 Å². The third kappa shape index (κ3) is 4.66. The molecule has 5 rings (SSSR count). The van der Waals surface area contributed by atoms with Gasteiger partial charge in [0.2, 0.25) is 0 Å². The molecule has 1 atom stereocenters. The first-order chi connectivity index (χ1) is 17.2. The fourth-order valence-corrected chi connectivity index (χ4v) is 8.53. The van der Waals surface area contributed by atoms with Crippen LogP contribution in [0.15, 0.2) is 100 Å². The molecule has 0 fully saturated rings. The summed E-state index contributed by atoms with van der Waals surface area (Å²) in [5.74, 6) is 0.818. The van der Waals surface area contributed by atoms with Gasteiger partial charge in [0, 0.05) is 46.9 Å². The molecule has 0 unspecified atom stereocenters. The highest BCUT2D eigenvalue weighted by Gasteiger charge is 2.39. The molecule has 0 amide bonds. The molecule has 1 aromatic heterocycles. The van der Waals surface area contributed by atoms with E-state index in [0.717, 1.165) is 27.8 Å². The third-order valence-electron chi connectivity index (χ3n) is 6.45. The molecule has 4 aromatic carbocycles. The summed E-state index contributed by atoms with van der Waals surface area (Å²) >= 11 is 5.96. The summed E-state index contributed by atoms with van der Waals surface area (Å²) < 4.78 is 17.1. The lowest BCUT2D eigenvalue weighted by Crippen LogP contribution is -2.27. The lowest BCUT2D eigenvalue weighted by molar-refractivity contribution is 0.571. The minimum atomic E-state index is -2.60. The quantitative estimate of drug-likeness (QED) is 0.135. The van der Waals surface area contributed by atoms with Gasteiger partial charge in [-0.1, -0.05) is 61.0 Å². The van der Waals surface area contributed by atoms with Crippen molar-refractivity contribution in [1.82, 2.24) is 4.57 Å². The lowest BCUT2D eigenvalue weighted by Gasteiger charge is -2.37. The number of aryl methyl sites for hydroxylation is 1. The van der Waals surface area contributed by atoms with Gasteiger partial charge in [-0.2, -0.15) is 0 Å². The second kappa shape index (κ2) is 10.00. The minimum absolute atomic E-state index is 0.255. The molecule has 0 N–H and O–H groups in total. The van der Waals surface area contributed by atoms with E-state index < -0.39 is 7.28 Å². The molecule has 184 valence electrons. The molecule has 0 saturated heterocycles. The number of fused-ring (bicyclic) bond motifs is 3. The third-order valence-corrected chi connectivity index (χ3v) is 11.4. The Balaban J connectivity index is 1.84. The molecule has 6 heteroatoms. The van der Waals surface area contributed by atoms with Crippen LogP contribution in [0.3, 0.4) is 0 Å². The first-order valence-electron chi connectivity index (χ1n) is 12.1. The van der Waals surface area contributed by atoms with Crippen molar-refractivity contribution < 1.29 is 4.52 Å². The van der Waals surface area contributed by atoms with E-state index in [1.54, 1.807) is 0 Å². The highest BCUT2D eigenvalue weighted by atomic mass is 127. The molecule has 0 saturated carbocycles. The van der Waals surface area contributed by atoms with Crippen molar-refractivity contribution in [1.29, 1.82) is 0 Å². The van der Waals surface area contributed by atoms with Crippen molar-refractivity contribution in [2.24, 2.45) is 4.74 Å². The Morgan fingerprint density at radius 1 is 0.861 bits per heavy atom. The molecule has 0 aliphatic rings. The van der Waals surface area contributed by atoms with E-state index in [9.17, 15) is 0 Å². The molecule has 5 aromatic rings. The zero-order chi connectivity index (χ0) is 25.5. The molecule has 0 bridgehead atoms. The number of hydrogen-bond donors (Lipinski definition) is 0. The number of para-hydroxylation sites is 1. The van der Waals surface area contributed by atoms with Crippen molar-refractivity contribution in [2.75, 3.05) is 0 Å². The maximum atomic E-state index is 7.07. The van der Waals surface area contributed by atoms with Crippen molar-refractivity contribution in [3.8, 4) is 5.75 Å². The second-order valence-electron chi connectivity index (χ2n) is 9.83. The summed E-state index contributed by atoms with van der Waals surface area (Å²) in [6.07, 6.45) is 0.